The standard InChI is InChI=1S/C15H23NO/c1-12-11-14(9-10-15(12)17-2)16-13-7-5-3-4-6-8-13/h9-11,13,16H,3-8H2,1-2H3. The molecule has 1 fully saturated rings. The topological polar surface area (TPSA) is 21.3 Å². The van der Waals surface area contributed by atoms with Gasteiger partial charge in [-0.2, -0.15) is 0 Å². The van der Waals surface area contributed by atoms with Crippen molar-refractivity contribution in [2.24, 2.45) is 0 Å². The fraction of sp³-hybridized carbons (Fsp3) is 0.600. The van der Waals surface area contributed by atoms with Crippen molar-refractivity contribution in [2.75, 3.05) is 12.4 Å². The number of hydrogen-bond donors (Lipinski definition) is 1. The number of aryl methyl sites for hydroxylation is 1. The first-order valence-corrected chi connectivity index (χ1v) is 6.71. The minimum absolute atomic E-state index is 0.658. The molecule has 1 aliphatic rings. The van der Waals surface area contributed by atoms with Crippen LogP contribution < -0.4 is 10.1 Å². The minimum Gasteiger partial charge on any atom is -0.496 e. The highest BCUT2D eigenvalue weighted by Crippen LogP contribution is 2.25. The molecular formula is C15H23NO. The van der Waals surface area contributed by atoms with E-state index in [1.807, 2.05) is 6.07 Å². The van der Waals surface area contributed by atoms with Gasteiger partial charge in [-0.25, -0.2) is 0 Å². The van der Waals surface area contributed by atoms with Crippen LogP contribution in [-0.4, -0.2) is 13.2 Å². The third-order valence-corrected chi connectivity index (χ3v) is 3.62. The largest absolute Gasteiger partial charge is 0.496 e. The highest BCUT2D eigenvalue weighted by atomic mass is 16.5. The lowest BCUT2D eigenvalue weighted by atomic mass is 10.1. The molecule has 0 aliphatic heterocycles. The van der Waals surface area contributed by atoms with E-state index in [1.54, 1.807) is 7.11 Å². The van der Waals surface area contributed by atoms with Crippen LogP contribution in [0.2, 0.25) is 0 Å². The Morgan fingerprint density at radius 2 is 1.82 bits per heavy atom. The summed E-state index contributed by atoms with van der Waals surface area (Å²) in [4.78, 5) is 0. The van der Waals surface area contributed by atoms with E-state index >= 15 is 0 Å². The second kappa shape index (κ2) is 5.95. The Bertz CT molecular complexity index is 354. The number of methoxy groups -OCH3 is 1. The van der Waals surface area contributed by atoms with Gasteiger partial charge in [0.25, 0.3) is 0 Å². The van der Waals surface area contributed by atoms with E-state index in [0.29, 0.717) is 6.04 Å². The van der Waals surface area contributed by atoms with Crippen LogP contribution in [-0.2, 0) is 0 Å². The molecular weight excluding hydrogens is 210 g/mol. The van der Waals surface area contributed by atoms with Crippen LogP contribution in [0.3, 0.4) is 0 Å². The fourth-order valence-corrected chi connectivity index (χ4v) is 2.63. The molecule has 0 aromatic heterocycles. The number of rotatable bonds is 3. The van der Waals surface area contributed by atoms with Crippen LogP contribution in [0.25, 0.3) is 0 Å². The summed E-state index contributed by atoms with van der Waals surface area (Å²) in [5.41, 5.74) is 2.43. The third kappa shape index (κ3) is 3.39. The Morgan fingerprint density at radius 1 is 1.12 bits per heavy atom. The second-order valence-electron chi connectivity index (χ2n) is 5.02. The van der Waals surface area contributed by atoms with Gasteiger partial charge >= 0.3 is 0 Å². The summed E-state index contributed by atoms with van der Waals surface area (Å²) < 4.78 is 5.28. The first-order chi connectivity index (χ1) is 8.29. The molecule has 0 atom stereocenters. The molecule has 0 saturated heterocycles. The van der Waals surface area contributed by atoms with Crippen LogP contribution in [0.5, 0.6) is 5.75 Å². The van der Waals surface area contributed by atoms with E-state index in [9.17, 15) is 0 Å². The van der Waals surface area contributed by atoms with Crippen molar-refractivity contribution >= 4 is 5.69 Å². The molecule has 17 heavy (non-hydrogen) atoms. The van der Waals surface area contributed by atoms with Gasteiger partial charge in [0.05, 0.1) is 7.11 Å². The predicted octanol–water partition coefficient (Wildman–Crippen LogP) is 4.14. The van der Waals surface area contributed by atoms with Gasteiger partial charge < -0.3 is 10.1 Å². The van der Waals surface area contributed by atoms with E-state index in [0.717, 1.165) is 5.75 Å². The lowest BCUT2D eigenvalue weighted by Gasteiger charge is -2.18. The van der Waals surface area contributed by atoms with Gasteiger partial charge in [-0.05, 0) is 43.5 Å². The summed E-state index contributed by atoms with van der Waals surface area (Å²) in [6.07, 6.45) is 8.16. The quantitative estimate of drug-likeness (QED) is 0.792. The first-order valence-electron chi connectivity index (χ1n) is 6.71. The monoisotopic (exact) mass is 233 g/mol. The van der Waals surface area contributed by atoms with Crippen LogP contribution in [0.4, 0.5) is 5.69 Å². The van der Waals surface area contributed by atoms with Crippen molar-refractivity contribution in [3.8, 4) is 5.75 Å². The molecule has 0 unspecified atom stereocenters. The van der Waals surface area contributed by atoms with Crippen LogP contribution in [0, 0.1) is 6.92 Å². The summed E-state index contributed by atoms with van der Waals surface area (Å²) in [5.74, 6) is 0.969. The maximum atomic E-state index is 5.28. The summed E-state index contributed by atoms with van der Waals surface area (Å²) in [6, 6.07) is 7.01. The van der Waals surface area contributed by atoms with E-state index in [1.165, 1.54) is 49.8 Å². The number of nitrogens with one attached hydrogen (secondary N) is 1. The average molecular weight is 233 g/mol. The summed E-state index contributed by atoms with van der Waals surface area (Å²) in [7, 11) is 1.72. The molecule has 2 nitrogen and oxygen atoms in total. The second-order valence-corrected chi connectivity index (χ2v) is 5.02. The Balaban J connectivity index is 1.99. The number of hydrogen-bond acceptors (Lipinski definition) is 2. The van der Waals surface area contributed by atoms with Crippen molar-refractivity contribution in [2.45, 2.75) is 51.5 Å². The van der Waals surface area contributed by atoms with Gasteiger partial charge in [0.15, 0.2) is 0 Å². The molecule has 0 bridgehead atoms. The number of anilines is 1. The molecule has 1 aliphatic carbocycles. The summed E-state index contributed by atoms with van der Waals surface area (Å²) >= 11 is 0. The van der Waals surface area contributed by atoms with E-state index in [-0.39, 0.29) is 0 Å². The zero-order valence-electron chi connectivity index (χ0n) is 11.0. The van der Waals surface area contributed by atoms with E-state index in [4.69, 9.17) is 4.74 Å². The maximum Gasteiger partial charge on any atom is 0.121 e. The maximum absolute atomic E-state index is 5.28. The van der Waals surface area contributed by atoms with Gasteiger partial charge in [0.1, 0.15) is 5.75 Å². The minimum atomic E-state index is 0.658. The smallest absolute Gasteiger partial charge is 0.121 e. The van der Waals surface area contributed by atoms with Gasteiger partial charge in [-0.3, -0.25) is 0 Å². The van der Waals surface area contributed by atoms with Gasteiger partial charge in [0, 0.05) is 11.7 Å². The zero-order chi connectivity index (χ0) is 12.1. The molecule has 0 radical (unpaired) electrons. The zero-order valence-corrected chi connectivity index (χ0v) is 11.0. The van der Waals surface area contributed by atoms with Crippen LogP contribution in [0.1, 0.15) is 44.1 Å². The molecule has 1 aromatic carbocycles. The molecule has 0 heterocycles. The lowest BCUT2D eigenvalue weighted by Crippen LogP contribution is -2.18. The van der Waals surface area contributed by atoms with E-state index in [2.05, 4.69) is 24.4 Å². The molecule has 0 spiro atoms. The van der Waals surface area contributed by atoms with Crippen molar-refractivity contribution in [1.29, 1.82) is 0 Å². The Kier molecular flexibility index (Phi) is 4.29. The normalized spacial score (nSPS) is 17.5. The Hall–Kier alpha value is -1.18. The lowest BCUT2D eigenvalue weighted by molar-refractivity contribution is 0.411. The Morgan fingerprint density at radius 3 is 2.41 bits per heavy atom. The summed E-state index contributed by atoms with van der Waals surface area (Å²) in [6.45, 7) is 2.09. The summed E-state index contributed by atoms with van der Waals surface area (Å²) in [5, 5.41) is 3.66. The first kappa shape index (κ1) is 12.3. The molecule has 2 heteroatoms. The Labute approximate surface area is 104 Å². The molecule has 94 valence electrons. The average Bonchev–Trinajstić information content (AvgIpc) is 2.58. The molecule has 1 N–H and O–H groups in total. The number of ether oxygens (including phenoxy) is 1. The highest BCUT2D eigenvalue weighted by Gasteiger charge is 2.12. The predicted molar refractivity (Wildman–Crippen MR) is 72.8 cm³/mol. The number of benzene rings is 1. The molecule has 1 saturated carbocycles. The van der Waals surface area contributed by atoms with Crippen molar-refractivity contribution < 1.29 is 4.74 Å². The van der Waals surface area contributed by atoms with Gasteiger partial charge in [-0.1, -0.05) is 25.7 Å². The molecule has 0 amide bonds. The van der Waals surface area contributed by atoms with Crippen LogP contribution >= 0.6 is 0 Å². The molecule has 1 aromatic rings. The van der Waals surface area contributed by atoms with Crippen molar-refractivity contribution in [3.05, 3.63) is 23.8 Å². The highest BCUT2D eigenvalue weighted by molar-refractivity contribution is 5.51. The molecule has 2 rings (SSSR count). The van der Waals surface area contributed by atoms with Crippen LogP contribution in [0.15, 0.2) is 18.2 Å². The van der Waals surface area contributed by atoms with E-state index < -0.39 is 0 Å². The SMILES string of the molecule is COc1ccc(NC2CCCCCC2)cc1C. The van der Waals surface area contributed by atoms with Gasteiger partial charge in [-0.15, -0.1) is 0 Å². The fourth-order valence-electron chi connectivity index (χ4n) is 2.63. The third-order valence-electron chi connectivity index (χ3n) is 3.62. The van der Waals surface area contributed by atoms with Gasteiger partial charge in [0.2, 0.25) is 0 Å². The van der Waals surface area contributed by atoms with Crippen molar-refractivity contribution in [1.82, 2.24) is 0 Å². The van der Waals surface area contributed by atoms with Crippen molar-refractivity contribution in [3.63, 3.8) is 0 Å².